The molecule has 0 aromatic carbocycles. The molecule has 0 bridgehead atoms. The van der Waals surface area contributed by atoms with Gasteiger partial charge in [-0.05, 0) is 42.4 Å². The summed E-state index contributed by atoms with van der Waals surface area (Å²) in [7, 11) is 1.81. The summed E-state index contributed by atoms with van der Waals surface area (Å²) in [5.74, 6) is 0.558. The highest BCUT2D eigenvalue weighted by molar-refractivity contribution is 7.14. The van der Waals surface area contributed by atoms with Gasteiger partial charge < -0.3 is 9.80 Å². The fourth-order valence-corrected chi connectivity index (χ4v) is 4.00. The van der Waals surface area contributed by atoms with Crippen LogP contribution in [-0.2, 0) is 10.2 Å². The normalized spacial score (nSPS) is 16.1. The number of carbonyl (C=O) groups excluding carboxylic acids is 2. The second-order valence-corrected chi connectivity index (χ2v) is 8.66. The zero-order valence-electron chi connectivity index (χ0n) is 15.2. The standard InChI is InChI=1S/C19H28N2O2S/c1-6-17(22)20(5)13-14-9-11-21(12-10-14)18(23)15-7-8-16(24-15)19(2,3)4/h6-8,14H,1,9-13H2,2-5H3. The van der Waals surface area contributed by atoms with Gasteiger partial charge in [0, 0.05) is 31.6 Å². The van der Waals surface area contributed by atoms with E-state index < -0.39 is 0 Å². The zero-order chi connectivity index (χ0) is 17.9. The van der Waals surface area contributed by atoms with E-state index in [1.54, 1.807) is 23.3 Å². The highest BCUT2D eigenvalue weighted by Gasteiger charge is 2.26. The first kappa shape index (κ1) is 18.7. The Balaban J connectivity index is 1.90. The number of hydrogen-bond donors (Lipinski definition) is 0. The Labute approximate surface area is 149 Å². The van der Waals surface area contributed by atoms with E-state index in [-0.39, 0.29) is 17.2 Å². The first-order chi connectivity index (χ1) is 11.2. The molecule has 5 heteroatoms. The van der Waals surface area contributed by atoms with Gasteiger partial charge in [-0.2, -0.15) is 0 Å². The van der Waals surface area contributed by atoms with Gasteiger partial charge in [-0.25, -0.2) is 0 Å². The minimum Gasteiger partial charge on any atom is -0.342 e. The third-order valence-corrected chi connectivity index (χ3v) is 6.04. The van der Waals surface area contributed by atoms with Crippen LogP contribution in [0.25, 0.3) is 0 Å². The molecule has 0 N–H and O–H groups in total. The lowest BCUT2D eigenvalue weighted by molar-refractivity contribution is -0.125. The number of piperidine rings is 1. The molecule has 0 spiro atoms. The van der Waals surface area contributed by atoms with Crippen LogP contribution in [0.1, 0.15) is 48.2 Å². The lowest BCUT2D eigenvalue weighted by atomic mass is 9.95. The van der Waals surface area contributed by atoms with Crippen LogP contribution >= 0.6 is 11.3 Å². The van der Waals surface area contributed by atoms with Crippen molar-refractivity contribution in [3.63, 3.8) is 0 Å². The van der Waals surface area contributed by atoms with Crippen LogP contribution in [0.4, 0.5) is 0 Å². The Bertz CT molecular complexity index is 607. The molecule has 4 nitrogen and oxygen atoms in total. The van der Waals surface area contributed by atoms with Crippen molar-refractivity contribution in [3.8, 4) is 0 Å². The van der Waals surface area contributed by atoms with Crippen LogP contribution in [0.3, 0.4) is 0 Å². The lowest BCUT2D eigenvalue weighted by Gasteiger charge is -2.33. The summed E-state index contributed by atoms with van der Waals surface area (Å²) in [4.78, 5) is 30.0. The van der Waals surface area contributed by atoms with Crippen LogP contribution in [0.5, 0.6) is 0 Å². The Morgan fingerprint density at radius 2 is 1.96 bits per heavy atom. The first-order valence-corrected chi connectivity index (χ1v) is 9.31. The van der Waals surface area contributed by atoms with E-state index in [9.17, 15) is 9.59 Å². The smallest absolute Gasteiger partial charge is 0.263 e. The Kier molecular flexibility index (Phi) is 5.86. The van der Waals surface area contributed by atoms with E-state index in [1.807, 2.05) is 11.0 Å². The van der Waals surface area contributed by atoms with E-state index in [1.165, 1.54) is 11.0 Å². The Hall–Kier alpha value is -1.62. The molecule has 2 heterocycles. The fourth-order valence-electron chi connectivity index (χ4n) is 2.96. The molecule has 0 saturated carbocycles. The van der Waals surface area contributed by atoms with Gasteiger partial charge in [0.2, 0.25) is 5.91 Å². The largest absolute Gasteiger partial charge is 0.342 e. The molecule has 0 unspecified atom stereocenters. The molecule has 132 valence electrons. The van der Waals surface area contributed by atoms with Gasteiger partial charge in [0.15, 0.2) is 0 Å². The fraction of sp³-hybridized carbons (Fsp3) is 0.579. The second kappa shape index (κ2) is 7.51. The Morgan fingerprint density at radius 1 is 1.33 bits per heavy atom. The predicted molar refractivity (Wildman–Crippen MR) is 99.5 cm³/mol. The average molecular weight is 349 g/mol. The van der Waals surface area contributed by atoms with Crippen LogP contribution in [0, 0.1) is 5.92 Å². The second-order valence-electron chi connectivity index (χ2n) is 7.57. The van der Waals surface area contributed by atoms with Gasteiger partial charge in [0.05, 0.1) is 4.88 Å². The maximum Gasteiger partial charge on any atom is 0.263 e. The van der Waals surface area contributed by atoms with Gasteiger partial charge in [-0.15, -0.1) is 11.3 Å². The SMILES string of the molecule is C=CC(=O)N(C)CC1CCN(C(=O)c2ccc(C(C)(C)C)s2)CC1. The molecule has 1 saturated heterocycles. The molecule has 2 amide bonds. The van der Waals surface area contributed by atoms with Crippen molar-refractivity contribution in [1.82, 2.24) is 9.80 Å². The van der Waals surface area contributed by atoms with Crippen molar-refractivity contribution >= 4 is 23.2 Å². The number of hydrogen-bond acceptors (Lipinski definition) is 3. The molecule has 1 aromatic heterocycles. The maximum absolute atomic E-state index is 12.7. The molecular weight excluding hydrogens is 320 g/mol. The lowest BCUT2D eigenvalue weighted by Crippen LogP contribution is -2.41. The summed E-state index contributed by atoms with van der Waals surface area (Å²) < 4.78 is 0. The molecule has 1 aliphatic rings. The topological polar surface area (TPSA) is 40.6 Å². The van der Waals surface area contributed by atoms with Crippen LogP contribution in [-0.4, -0.2) is 48.3 Å². The van der Waals surface area contributed by atoms with E-state index in [0.29, 0.717) is 5.92 Å². The quantitative estimate of drug-likeness (QED) is 0.781. The van der Waals surface area contributed by atoms with E-state index in [4.69, 9.17) is 0 Å². The van der Waals surface area contributed by atoms with Crippen LogP contribution in [0.15, 0.2) is 24.8 Å². The average Bonchev–Trinajstić information content (AvgIpc) is 3.04. The van der Waals surface area contributed by atoms with Gasteiger partial charge in [0.25, 0.3) is 5.91 Å². The van der Waals surface area contributed by atoms with Crippen molar-refractivity contribution in [3.05, 3.63) is 34.5 Å². The third kappa shape index (κ3) is 4.47. The maximum atomic E-state index is 12.7. The number of likely N-dealkylation sites (N-methyl/N-ethyl adjacent to an activating group) is 1. The molecule has 1 aromatic rings. The van der Waals surface area contributed by atoms with Crippen molar-refractivity contribution < 1.29 is 9.59 Å². The van der Waals surface area contributed by atoms with Crippen molar-refractivity contribution in [2.24, 2.45) is 5.92 Å². The number of likely N-dealkylation sites (tertiary alicyclic amines) is 1. The predicted octanol–water partition coefficient (Wildman–Crippen LogP) is 3.54. The summed E-state index contributed by atoms with van der Waals surface area (Å²) in [5, 5.41) is 0. The van der Waals surface area contributed by atoms with Crippen molar-refractivity contribution in [2.45, 2.75) is 39.0 Å². The number of amides is 2. The summed E-state index contributed by atoms with van der Waals surface area (Å²) in [5.41, 5.74) is 0.0818. The van der Waals surface area contributed by atoms with Gasteiger partial charge in [0.1, 0.15) is 0 Å². The number of rotatable bonds is 4. The summed E-state index contributed by atoms with van der Waals surface area (Å²) in [6.45, 7) is 12.3. The zero-order valence-corrected chi connectivity index (χ0v) is 16.0. The third-order valence-electron chi connectivity index (χ3n) is 4.54. The van der Waals surface area contributed by atoms with E-state index in [2.05, 4.69) is 33.4 Å². The molecular formula is C19H28N2O2S. The minimum atomic E-state index is -0.0400. The highest BCUT2D eigenvalue weighted by Crippen LogP contribution is 2.30. The molecule has 1 aliphatic heterocycles. The molecule has 2 rings (SSSR count). The molecule has 0 radical (unpaired) electrons. The molecule has 1 fully saturated rings. The number of thiophene rings is 1. The van der Waals surface area contributed by atoms with Crippen molar-refractivity contribution in [2.75, 3.05) is 26.7 Å². The number of nitrogens with zero attached hydrogens (tertiary/aromatic N) is 2. The first-order valence-electron chi connectivity index (χ1n) is 8.49. The summed E-state index contributed by atoms with van der Waals surface area (Å²) in [6.07, 6.45) is 3.23. The van der Waals surface area contributed by atoms with E-state index in [0.717, 1.165) is 37.4 Å². The van der Waals surface area contributed by atoms with Crippen molar-refractivity contribution in [1.29, 1.82) is 0 Å². The molecule has 24 heavy (non-hydrogen) atoms. The van der Waals surface area contributed by atoms with Crippen LogP contribution < -0.4 is 0 Å². The molecule has 0 atom stereocenters. The highest BCUT2D eigenvalue weighted by atomic mass is 32.1. The minimum absolute atomic E-state index is 0.0400. The number of carbonyl (C=O) groups is 2. The monoisotopic (exact) mass is 348 g/mol. The van der Waals surface area contributed by atoms with Gasteiger partial charge in [-0.3, -0.25) is 9.59 Å². The van der Waals surface area contributed by atoms with Gasteiger partial charge >= 0.3 is 0 Å². The summed E-state index contributed by atoms with van der Waals surface area (Å²) >= 11 is 1.60. The van der Waals surface area contributed by atoms with E-state index >= 15 is 0 Å². The Morgan fingerprint density at radius 3 is 2.46 bits per heavy atom. The molecule has 0 aliphatic carbocycles. The van der Waals surface area contributed by atoms with Crippen LogP contribution in [0.2, 0.25) is 0 Å². The van der Waals surface area contributed by atoms with Gasteiger partial charge in [-0.1, -0.05) is 27.4 Å². The summed E-state index contributed by atoms with van der Waals surface area (Å²) in [6, 6.07) is 4.02.